The van der Waals surface area contributed by atoms with E-state index in [9.17, 15) is 28.8 Å². The van der Waals surface area contributed by atoms with Crippen LogP contribution in [0.1, 0.15) is 41.5 Å². The topological polar surface area (TPSA) is 185 Å². The molecule has 0 radical (unpaired) electrons. The lowest BCUT2D eigenvalue weighted by Gasteiger charge is -2.07. The average molecular weight is 727 g/mol. The normalized spacial score (nSPS) is 9.53. The largest absolute Gasteiger partial charge is 0.460 e. The molecule has 0 aliphatic rings. The zero-order valence-corrected chi connectivity index (χ0v) is 30.9. The van der Waals surface area contributed by atoms with Gasteiger partial charge in [0.1, 0.15) is 39.6 Å². The van der Waals surface area contributed by atoms with Crippen molar-refractivity contribution in [2.75, 3.05) is 79.3 Å². The Balaban J connectivity index is -0.000000689. The molecule has 0 aromatic heterocycles. The van der Waals surface area contributed by atoms with Crippen molar-refractivity contribution in [2.24, 2.45) is 0 Å². The van der Waals surface area contributed by atoms with E-state index >= 15 is 0 Å². The summed E-state index contributed by atoms with van der Waals surface area (Å²) in [6.45, 7) is 32.6. The summed E-state index contributed by atoms with van der Waals surface area (Å²) in [4.78, 5) is 65.6. The first-order valence-electron chi connectivity index (χ1n) is 15.5. The minimum absolute atomic E-state index is 0.0325. The van der Waals surface area contributed by atoms with Crippen molar-refractivity contribution in [2.45, 2.75) is 41.5 Å². The lowest BCUT2D eigenvalue weighted by atomic mass is 10.4. The van der Waals surface area contributed by atoms with Crippen LogP contribution in [0.5, 0.6) is 0 Å². The van der Waals surface area contributed by atoms with Crippen molar-refractivity contribution in [3.63, 3.8) is 0 Å². The third kappa shape index (κ3) is 34.8. The summed E-state index contributed by atoms with van der Waals surface area (Å²) < 4.78 is 44.0. The van der Waals surface area contributed by atoms with Gasteiger partial charge in [-0.2, -0.15) is 0 Å². The lowest BCUT2D eigenvalue weighted by Crippen LogP contribution is -2.15. The standard InChI is InChI=1S/C14H22O6.C12H18O5.C10H14O4/c1-11(2)13(15)19-9-7-17-5-6-18-8-10-20-14(16)12(3)4;1-9(2)11(13)16-7-5-15-6-8-17-12(14)10(3)4;1-7(2)9(11)13-5-6-14-10(12)8(3)4/h1,3,5-10H2,2,4H3;1,3,5-8H2,2,4H3;1,3,5-6H2,2,4H3. The second-order valence-electron chi connectivity index (χ2n) is 10.3. The van der Waals surface area contributed by atoms with Crippen LogP contribution in [0.15, 0.2) is 72.9 Å². The molecule has 288 valence electrons. The van der Waals surface area contributed by atoms with E-state index in [2.05, 4.69) is 48.9 Å². The number of hydrogen-bond acceptors (Lipinski definition) is 15. The molecular formula is C36H54O15. The van der Waals surface area contributed by atoms with Crippen LogP contribution in [0.3, 0.4) is 0 Å². The number of rotatable bonds is 24. The molecule has 0 N–H and O–H groups in total. The molecule has 0 bridgehead atoms. The van der Waals surface area contributed by atoms with Crippen molar-refractivity contribution < 1.29 is 71.4 Å². The fraction of sp³-hybridized carbons (Fsp3) is 0.500. The van der Waals surface area contributed by atoms with Gasteiger partial charge in [-0.1, -0.05) is 39.5 Å². The van der Waals surface area contributed by atoms with Crippen LogP contribution < -0.4 is 0 Å². The van der Waals surface area contributed by atoms with Gasteiger partial charge in [0, 0.05) is 33.4 Å². The summed E-state index contributed by atoms with van der Waals surface area (Å²) in [5, 5.41) is 0. The molecule has 0 aromatic carbocycles. The van der Waals surface area contributed by atoms with Crippen molar-refractivity contribution in [3.05, 3.63) is 72.9 Å². The predicted molar refractivity (Wildman–Crippen MR) is 187 cm³/mol. The van der Waals surface area contributed by atoms with Crippen LogP contribution in [-0.2, 0) is 71.4 Å². The van der Waals surface area contributed by atoms with Gasteiger partial charge in [0.15, 0.2) is 0 Å². The summed E-state index contributed by atoms with van der Waals surface area (Å²) in [5.41, 5.74) is 2.04. The Labute approximate surface area is 300 Å². The molecule has 0 heterocycles. The van der Waals surface area contributed by atoms with Crippen molar-refractivity contribution in [1.29, 1.82) is 0 Å². The Bertz CT molecular complexity index is 1120. The number of ether oxygens (including phenoxy) is 9. The van der Waals surface area contributed by atoms with Gasteiger partial charge < -0.3 is 42.6 Å². The SMILES string of the molecule is C=C(C)C(=O)OCCOC(=O)C(=C)C.C=C(C)C(=O)OCCOCCOC(=O)C(=C)C.C=C(C)C(=O)OCCOCCOCCOC(=O)C(=C)C. The molecule has 0 aliphatic heterocycles. The van der Waals surface area contributed by atoms with E-state index in [1.165, 1.54) is 0 Å². The monoisotopic (exact) mass is 726 g/mol. The number of hydrogen-bond donors (Lipinski definition) is 0. The quantitative estimate of drug-likeness (QED) is 0.0606. The van der Waals surface area contributed by atoms with Crippen LogP contribution in [0, 0.1) is 0 Å². The predicted octanol–water partition coefficient (Wildman–Crippen LogP) is 3.72. The fourth-order valence-corrected chi connectivity index (χ4v) is 2.21. The summed E-state index contributed by atoms with van der Waals surface area (Å²) in [5.74, 6) is -2.72. The molecule has 0 atom stereocenters. The van der Waals surface area contributed by atoms with E-state index in [0.717, 1.165) is 0 Å². The Morgan fingerprint density at radius 2 is 0.392 bits per heavy atom. The Hall–Kier alpha value is -4.86. The molecule has 0 amide bonds. The molecule has 0 aromatic rings. The molecule has 15 nitrogen and oxygen atoms in total. The molecule has 0 fully saturated rings. The summed E-state index contributed by atoms with van der Waals surface area (Å²) in [7, 11) is 0. The summed E-state index contributed by atoms with van der Waals surface area (Å²) in [6.07, 6.45) is 0. The van der Waals surface area contributed by atoms with Crippen LogP contribution in [0.25, 0.3) is 0 Å². The van der Waals surface area contributed by atoms with E-state index in [4.69, 9.17) is 33.2 Å². The third-order valence-electron chi connectivity index (χ3n) is 4.86. The molecule has 0 saturated carbocycles. The van der Waals surface area contributed by atoms with Gasteiger partial charge in [-0.3, -0.25) is 0 Å². The van der Waals surface area contributed by atoms with E-state index in [1.807, 2.05) is 0 Å². The van der Waals surface area contributed by atoms with E-state index in [0.29, 0.717) is 59.9 Å². The fourth-order valence-electron chi connectivity index (χ4n) is 2.21. The van der Waals surface area contributed by atoms with Crippen LogP contribution in [-0.4, -0.2) is 115 Å². The van der Waals surface area contributed by atoms with Gasteiger partial charge >= 0.3 is 35.8 Å². The smallest absolute Gasteiger partial charge is 0.333 e. The Kier molecular flexibility index (Phi) is 32.0. The first-order chi connectivity index (χ1) is 23.8. The van der Waals surface area contributed by atoms with E-state index < -0.39 is 35.8 Å². The molecule has 0 saturated heterocycles. The van der Waals surface area contributed by atoms with Gasteiger partial charge in [0.25, 0.3) is 0 Å². The highest BCUT2D eigenvalue weighted by Gasteiger charge is 2.07. The number of carbonyl (C=O) groups excluding carboxylic acids is 6. The Morgan fingerprint density at radius 1 is 0.275 bits per heavy atom. The first-order valence-corrected chi connectivity index (χ1v) is 15.5. The Morgan fingerprint density at radius 3 is 0.529 bits per heavy atom. The second-order valence-corrected chi connectivity index (χ2v) is 10.3. The lowest BCUT2D eigenvalue weighted by molar-refractivity contribution is -0.147. The molecule has 15 heteroatoms. The summed E-state index contributed by atoms with van der Waals surface area (Å²) in [6, 6.07) is 0. The van der Waals surface area contributed by atoms with Gasteiger partial charge in [0.2, 0.25) is 0 Å². The van der Waals surface area contributed by atoms with Gasteiger partial charge in [-0.05, 0) is 41.5 Å². The highest BCUT2D eigenvalue weighted by molar-refractivity contribution is 5.88. The van der Waals surface area contributed by atoms with Gasteiger partial charge in [-0.25, -0.2) is 28.8 Å². The molecule has 51 heavy (non-hydrogen) atoms. The van der Waals surface area contributed by atoms with E-state index in [-0.39, 0.29) is 52.9 Å². The van der Waals surface area contributed by atoms with Crippen LogP contribution >= 0.6 is 0 Å². The van der Waals surface area contributed by atoms with E-state index in [1.54, 1.807) is 41.5 Å². The van der Waals surface area contributed by atoms with Crippen molar-refractivity contribution >= 4 is 35.8 Å². The van der Waals surface area contributed by atoms with Crippen molar-refractivity contribution in [1.82, 2.24) is 0 Å². The highest BCUT2D eigenvalue weighted by Crippen LogP contribution is 1.96. The molecule has 0 spiro atoms. The maximum absolute atomic E-state index is 11.0. The molecular weight excluding hydrogens is 672 g/mol. The van der Waals surface area contributed by atoms with Crippen LogP contribution in [0.4, 0.5) is 0 Å². The molecule has 0 unspecified atom stereocenters. The van der Waals surface area contributed by atoms with Gasteiger partial charge in [0.05, 0.1) is 39.6 Å². The van der Waals surface area contributed by atoms with Crippen molar-refractivity contribution in [3.8, 4) is 0 Å². The number of carbonyl (C=O) groups is 6. The highest BCUT2D eigenvalue weighted by atomic mass is 16.6. The maximum atomic E-state index is 11.0. The molecule has 0 aliphatic carbocycles. The average Bonchev–Trinajstić information content (AvgIpc) is 3.06. The summed E-state index contributed by atoms with van der Waals surface area (Å²) >= 11 is 0. The number of esters is 6. The second kappa shape index (κ2) is 32.4. The van der Waals surface area contributed by atoms with Gasteiger partial charge in [-0.15, -0.1) is 0 Å². The minimum atomic E-state index is -0.489. The first kappa shape index (κ1) is 50.5. The third-order valence-corrected chi connectivity index (χ3v) is 4.86. The minimum Gasteiger partial charge on any atom is -0.460 e. The zero-order chi connectivity index (χ0) is 39.8. The molecule has 0 rings (SSSR count). The zero-order valence-electron chi connectivity index (χ0n) is 30.9. The van der Waals surface area contributed by atoms with Crippen LogP contribution in [0.2, 0.25) is 0 Å². The maximum Gasteiger partial charge on any atom is 0.333 e.